The van der Waals surface area contributed by atoms with Gasteiger partial charge >= 0.3 is 35.3 Å². The molecule has 0 fully saturated rings. The molecule has 0 aliphatic rings. The Bertz CT molecular complexity index is 561. The number of benzene rings is 2. The average Bonchev–Trinajstić information content (AvgIpc) is 2.49. The molecule has 2 nitrogen and oxygen atoms in total. The van der Waals surface area contributed by atoms with Gasteiger partial charge in [-0.15, -0.1) is 0 Å². The first kappa shape index (κ1) is 23.0. The molecule has 2 unspecified atom stereocenters. The van der Waals surface area contributed by atoms with Crippen molar-refractivity contribution in [2.45, 2.75) is 23.6 Å². The summed E-state index contributed by atoms with van der Waals surface area (Å²) in [5, 5.41) is 0. The van der Waals surface area contributed by atoms with Crippen LogP contribution < -0.4 is 0 Å². The molecule has 2 atom stereocenters. The van der Waals surface area contributed by atoms with Crippen LogP contribution in [0, 0.1) is 13.8 Å². The third-order valence-corrected chi connectivity index (χ3v) is 4.58. The normalized spacial score (nSPS) is 12.3. The Kier molecular flexibility index (Phi) is 13.3. The Balaban J connectivity index is 0.000000360. The molecule has 23 heavy (non-hydrogen) atoms. The molecule has 0 amide bonds. The monoisotopic (exact) mass is 573 g/mol. The van der Waals surface area contributed by atoms with Crippen molar-refractivity contribution in [2.24, 2.45) is 0 Å². The fourth-order valence-corrected chi connectivity index (χ4v) is 2.50. The Labute approximate surface area is 160 Å². The van der Waals surface area contributed by atoms with Crippen LogP contribution in [0.4, 0.5) is 0 Å². The summed E-state index contributed by atoms with van der Waals surface area (Å²) in [5.41, 5.74) is 2.41. The summed E-state index contributed by atoms with van der Waals surface area (Å²) in [6, 6.07) is 15.5. The van der Waals surface area contributed by atoms with E-state index in [1.165, 1.54) is 11.1 Å². The summed E-state index contributed by atoms with van der Waals surface area (Å²) in [6.07, 6.45) is 3.37. The van der Waals surface area contributed by atoms with Crippen molar-refractivity contribution in [3.05, 3.63) is 59.7 Å². The minimum atomic E-state index is -0.837. The molecule has 0 heterocycles. The zero-order valence-corrected chi connectivity index (χ0v) is 18.7. The van der Waals surface area contributed by atoms with Crippen LogP contribution in [0.1, 0.15) is 11.1 Å². The van der Waals surface area contributed by atoms with E-state index in [1.54, 1.807) is 12.5 Å². The zero-order valence-electron chi connectivity index (χ0n) is 13.3. The van der Waals surface area contributed by atoms with Crippen LogP contribution in [-0.2, 0) is 38.1 Å². The van der Waals surface area contributed by atoms with Gasteiger partial charge in [0.15, 0.2) is 0 Å². The van der Waals surface area contributed by atoms with Gasteiger partial charge in [-0.05, 0) is 38.1 Å². The predicted octanol–water partition coefficient (Wildman–Crippen LogP) is 4.84. The first-order chi connectivity index (χ1) is 10.8. The molecule has 0 N–H and O–H groups in total. The van der Waals surface area contributed by atoms with Crippen LogP contribution in [0.15, 0.2) is 58.3 Å². The molecular weight excluding hydrogens is 554 g/mol. The number of rotatable bonds is 2. The van der Waals surface area contributed by atoms with Gasteiger partial charge in [-0.2, -0.15) is 0 Å². The van der Waals surface area contributed by atoms with Gasteiger partial charge in [0.2, 0.25) is 0 Å². The van der Waals surface area contributed by atoms with E-state index in [9.17, 15) is 8.42 Å². The second-order valence-corrected chi connectivity index (χ2v) is 10.6. The fraction of sp³-hybridized carbons (Fsp3) is 0.250. The van der Waals surface area contributed by atoms with Crippen LogP contribution in [0.5, 0.6) is 0 Å². The predicted molar refractivity (Wildman–Crippen MR) is 98.7 cm³/mol. The quantitative estimate of drug-likeness (QED) is 0.515. The van der Waals surface area contributed by atoms with Crippen molar-refractivity contribution in [2.75, 3.05) is 12.5 Å². The van der Waals surface area contributed by atoms with Gasteiger partial charge in [-0.3, -0.25) is 8.42 Å². The average molecular weight is 574 g/mol. The van der Waals surface area contributed by atoms with E-state index in [1.807, 2.05) is 62.4 Å². The molecule has 0 aliphatic carbocycles. The topological polar surface area (TPSA) is 34.1 Å². The van der Waals surface area contributed by atoms with Crippen molar-refractivity contribution >= 4 is 40.4 Å². The third-order valence-electron chi connectivity index (χ3n) is 2.71. The summed E-state index contributed by atoms with van der Waals surface area (Å²) >= 11 is -0.472. The van der Waals surface area contributed by atoms with E-state index in [-0.39, 0.29) is 0 Å². The fourth-order valence-electron chi connectivity index (χ4n) is 1.46. The van der Waals surface area contributed by atoms with Crippen LogP contribution >= 0.6 is 18.8 Å². The van der Waals surface area contributed by atoms with Crippen molar-refractivity contribution in [3.63, 3.8) is 0 Å². The summed E-state index contributed by atoms with van der Waals surface area (Å²) in [7, 11) is 8.08. The Morgan fingerprint density at radius 2 is 0.913 bits per heavy atom. The van der Waals surface area contributed by atoms with Crippen LogP contribution in [0.3, 0.4) is 0 Å². The first-order valence-electron chi connectivity index (χ1n) is 6.44. The Hall–Kier alpha value is 0.00831. The Morgan fingerprint density at radius 3 is 1.09 bits per heavy atom. The molecule has 132 valence electrons. The molecule has 2 rings (SSSR count). The number of hydrogen-bond acceptors (Lipinski definition) is 2. The molecule has 0 saturated carbocycles. The van der Waals surface area contributed by atoms with Gasteiger partial charge in [-0.1, -0.05) is 35.4 Å². The molecule has 0 radical (unpaired) electrons. The Morgan fingerprint density at radius 1 is 0.696 bits per heavy atom. The summed E-state index contributed by atoms with van der Waals surface area (Å²) in [6.45, 7) is 4.03. The molecule has 7 heteroatoms. The van der Waals surface area contributed by atoms with Gasteiger partial charge in [0.25, 0.3) is 0 Å². The second-order valence-electron chi connectivity index (χ2n) is 4.58. The number of hydrogen-bond donors (Lipinski definition) is 0. The van der Waals surface area contributed by atoms with Crippen LogP contribution in [0.25, 0.3) is 0 Å². The van der Waals surface area contributed by atoms with Crippen molar-refractivity contribution in [3.8, 4) is 0 Å². The molecule has 0 bridgehead atoms. The van der Waals surface area contributed by atoms with E-state index in [0.717, 1.165) is 9.79 Å². The van der Waals surface area contributed by atoms with Gasteiger partial charge in [-0.25, -0.2) is 0 Å². The molecular formula is C16H20Cl2O2PtS2. The van der Waals surface area contributed by atoms with Crippen molar-refractivity contribution in [1.29, 1.82) is 0 Å². The third kappa shape index (κ3) is 11.2. The van der Waals surface area contributed by atoms with Crippen LogP contribution in [-0.4, -0.2) is 20.9 Å². The van der Waals surface area contributed by atoms with E-state index in [0.29, 0.717) is 0 Å². The summed E-state index contributed by atoms with van der Waals surface area (Å²) in [5.74, 6) is 0. The van der Waals surface area contributed by atoms with Crippen molar-refractivity contribution < 1.29 is 24.9 Å². The molecule has 0 saturated heterocycles. The molecule has 0 aromatic heterocycles. The molecule has 0 spiro atoms. The summed E-state index contributed by atoms with van der Waals surface area (Å²) < 4.78 is 21.7. The minimum absolute atomic E-state index is 0.472. The maximum absolute atomic E-state index is 10.9. The van der Waals surface area contributed by atoms with Gasteiger partial charge in [0.1, 0.15) is 0 Å². The van der Waals surface area contributed by atoms with E-state index in [2.05, 4.69) is 0 Å². The summed E-state index contributed by atoms with van der Waals surface area (Å²) in [4.78, 5) is 1.79. The van der Waals surface area contributed by atoms with E-state index < -0.39 is 38.1 Å². The van der Waals surface area contributed by atoms with Gasteiger partial charge < -0.3 is 0 Å². The molecule has 2 aromatic rings. The second kappa shape index (κ2) is 13.3. The number of aryl methyl sites for hydroxylation is 2. The van der Waals surface area contributed by atoms with E-state index in [4.69, 9.17) is 18.8 Å². The number of halogens is 2. The van der Waals surface area contributed by atoms with Gasteiger partial charge in [0.05, 0.1) is 0 Å². The van der Waals surface area contributed by atoms with Crippen LogP contribution in [0.2, 0.25) is 0 Å². The molecule has 2 aromatic carbocycles. The zero-order chi connectivity index (χ0) is 17.8. The standard InChI is InChI=1S/2C8H10OS.2ClH.Pt/c2*1-7-3-5-8(6-4-7)10(2)9;;;/h2*3-6H,1-2H3;2*1H;/q;;;;+2/p-2. The van der Waals surface area contributed by atoms with Crippen molar-refractivity contribution in [1.82, 2.24) is 0 Å². The SMILES string of the molecule is Cc1ccc(S(C)=O)cc1.Cc1ccc(S(C)=O)cc1.[Cl][Pt][Cl]. The molecule has 0 aliphatic heterocycles. The van der Waals surface area contributed by atoms with E-state index >= 15 is 0 Å². The first-order valence-corrected chi connectivity index (χ1v) is 15.2. The maximum atomic E-state index is 10.9. The van der Waals surface area contributed by atoms with Gasteiger partial charge in [0, 0.05) is 43.9 Å².